The van der Waals surface area contributed by atoms with Gasteiger partial charge in [-0.3, -0.25) is 0 Å². The van der Waals surface area contributed by atoms with Gasteiger partial charge in [-0.25, -0.2) is 0 Å². The van der Waals surface area contributed by atoms with Gasteiger partial charge in [0.2, 0.25) is 0 Å². The third kappa shape index (κ3) is 2.66. The highest BCUT2D eigenvalue weighted by Crippen LogP contribution is 2.46. The van der Waals surface area contributed by atoms with Crippen LogP contribution in [0.25, 0.3) is 22.5 Å². The van der Waals surface area contributed by atoms with Crippen molar-refractivity contribution in [3.63, 3.8) is 0 Å². The van der Waals surface area contributed by atoms with Crippen LogP contribution in [0.4, 0.5) is 5.69 Å². The number of hydrogen-bond donors (Lipinski definition) is 2. The number of hydrogen-bond acceptors (Lipinski definition) is 4. The van der Waals surface area contributed by atoms with E-state index in [0.717, 1.165) is 40.0 Å². The Morgan fingerprint density at radius 3 is 2.56 bits per heavy atom. The van der Waals surface area contributed by atoms with Crippen LogP contribution in [-0.2, 0) is 0 Å². The Bertz CT molecular complexity index is 1060. The van der Waals surface area contributed by atoms with Crippen molar-refractivity contribution in [3.05, 3.63) is 34.7 Å². The van der Waals surface area contributed by atoms with Gasteiger partial charge in [0.1, 0.15) is 11.5 Å². The van der Waals surface area contributed by atoms with Crippen molar-refractivity contribution in [1.29, 1.82) is 0 Å². The number of rotatable bonds is 2. The molecule has 0 spiro atoms. The fraction of sp³-hybridized carbons (Fsp3) is 0.391. The van der Waals surface area contributed by atoms with Crippen molar-refractivity contribution in [2.24, 2.45) is 5.92 Å². The summed E-state index contributed by atoms with van der Waals surface area (Å²) in [6.07, 6.45) is 0.964. The summed E-state index contributed by atoms with van der Waals surface area (Å²) in [5.74, 6) is 2.49. The molecule has 0 unspecified atom stereocenters. The lowest BCUT2D eigenvalue weighted by atomic mass is 9.86. The Labute approximate surface area is 160 Å². The van der Waals surface area contributed by atoms with Crippen molar-refractivity contribution in [2.75, 3.05) is 12.4 Å². The van der Waals surface area contributed by atoms with Gasteiger partial charge in [0.05, 0.1) is 12.7 Å². The molecule has 2 N–H and O–H groups in total. The van der Waals surface area contributed by atoms with E-state index < -0.39 is 0 Å². The third-order valence-electron chi connectivity index (χ3n) is 5.38. The molecule has 0 radical (unpaired) electrons. The first-order chi connectivity index (χ1) is 12.7. The zero-order valence-electron chi connectivity index (χ0n) is 16.9. The highest BCUT2D eigenvalue weighted by atomic mass is 16.5. The summed E-state index contributed by atoms with van der Waals surface area (Å²) in [7, 11) is 1.58. The highest BCUT2D eigenvalue weighted by molar-refractivity contribution is 5.86. The molecule has 0 saturated carbocycles. The van der Waals surface area contributed by atoms with E-state index >= 15 is 0 Å². The van der Waals surface area contributed by atoms with Crippen LogP contribution in [0.3, 0.4) is 0 Å². The minimum absolute atomic E-state index is 0.0205. The summed E-state index contributed by atoms with van der Waals surface area (Å²) in [4.78, 5) is 0. The Balaban J connectivity index is 2.18. The minimum atomic E-state index is 0.0205. The van der Waals surface area contributed by atoms with Gasteiger partial charge < -0.3 is 19.9 Å². The maximum Gasteiger partial charge on any atom is 0.172 e. The molecule has 0 fully saturated rings. The Hall–Kier alpha value is -2.62. The smallest absolute Gasteiger partial charge is 0.172 e. The Morgan fingerprint density at radius 1 is 1.15 bits per heavy atom. The van der Waals surface area contributed by atoms with E-state index in [9.17, 15) is 5.11 Å². The molecule has 2 aliphatic rings. The number of aromatic hydroxyl groups is 1. The standard InChI is InChI=1S/C23H27NO3/c1-12(2)21-20-14(19-17(27-21)10-9-16(25)22(19)26-6)7-8-15-18(20)13(3)11-23(4,5)24-15/h7-10,12,24-25H,11H2,1-6H3. The van der Waals surface area contributed by atoms with E-state index in [2.05, 4.69) is 52.1 Å². The molecule has 0 saturated heterocycles. The molecule has 27 heavy (non-hydrogen) atoms. The SMILES string of the molecule is COc1c(O)ccc2c1-c1ccc3c(c1=C(C(C)C)O2)=C(C)CC(C)(C)N3. The molecular weight excluding hydrogens is 338 g/mol. The van der Waals surface area contributed by atoms with E-state index in [1.807, 2.05) is 6.07 Å². The molecular formula is C23H27NO3. The Kier molecular flexibility index (Phi) is 3.91. The first-order valence-corrected chi connectivity index (χ1v) is 9.47. The number of benzene rings is 2. The van der Waals surface area contributed by atoms with E-state index in [-0.39, 0.29) is 17.2 Å². The van der Waals surface area contributed by atoms with Gasteiger partial charge in [0, 0.05) is 33.1 Å². The molecule has 2 aromatic carbocycles. The van der Waals surface area contributed by atoms with Crippen molar-refractivity contribution in [3.8, 4) is 28.4 Å². The average molecular weight is 365 g/mol. The van der Waals surface area contributed by atoms with Crippen LogP contribution < -0.4 is 25.2 Å². The van der Waals surface area contributed by atoms with Gasteiger partial charge in [-0.1, -0.05) is 25.5 Å². The second kappa shape index (κ2) is 5.95. The highest BCUT2D eigenvalue weighted by Gasteiger charge is 2.30. The molecule has 0 aromatic heterocycles. The summed E-state index contributed by atoms with van der Waals surface area (Å²) in [5.41, 5.74) is 4.36. The van der Waals surface area contributed by atoms with Crippen molar-refractivity contribution < 1.29 is 14.6 Å². The summed E-state index contributed by atoms with van der Waals surface area (Å²) >= 11 is 0. The van der Waals surface area contributed by atoms with Gasteiger partial charge in [-0.05, 0) is 45.4 Å². The topological polar surface area (TPSA) is 50.7 Å². The molecule has 0 atom stereocenters. The fourth-order valence-corrected chi connectivity index (χ4v) is 4.45. The maximum absolute atomic E-state index is 10.3. The molecule has 4 nitrogen and oxygen atoms in total. The monoisotopic (exact) mass is 365 g/mol. The first-order valence-electron chi connectivity index (χ1n) is 9.47. The zero-order chi connectivity index (χ0) is 19.5. The molecule has 2 aromatic rings. The van der Waals surface area contributed by atoms with E-state index in [1.165, 1.54) is 10.8 Å². The van der Waals surface area contributed by atoms with Crippen molar-refractivity contribution in [2.45, 2.75) is 46.6 Å². The second-order valence-electron chi connectivity index (χ2n) is 8.49. The Morgan fingerprint density at radius 2 is 1.89 bits per heavy atom. The van der Waals surface area contributed by atoms with Crippen LogP contribution in [-0.4, -0.2) is 17.8 Å². The van der Waals surface area contributed by atoms with Crippen LogP contribution in [0.15, 0.2) is 24.3 Å². The quantitative estimate of drug-likeness (QED) is 0.845. The van der Waals surface area contributed by atoms with Gasteiger partial charge in [-0.2, -0.15) is 0 Å². The third-order valence-corrected chi connectivity index (χ3v) is 5.38. The van der Waals surface area contributed by atoms with E-state index in [4.69, 9.17) is 9.47 Å². The van der Waals surface area contributed by atoms with Gasteiger partial charge in [-0.15, -0.1) is 0 Å². The summed E-state index contributed by atoms with van der Waals surface area (Å²) < 4.78 is 11.9. The average Bonchev–Trinajstić information content (AvgIpc) is 2.59. The number of phenolic OH excluding ortho intramolecular Hbond substituents is 1. The lowest BCUT2D eigenvalue weighted by Crippen LogP contribution is -2.45. The lowest BCUT2D eigenvalue weighted by molar-refractivity contribution is 0.370. The normalized spacial score (nSPS) is 16.9. The molecule has 142 valence electrons. The molecule has 2 aliphatic heterocycles. The maximum atomic E-state index is 10.3. The van der Waals surface area contributed by atoms with Crippen molar-refractivity contribution in [1.82, 2.24) is 0 Å². The zero-order valence-corrected chi connectivity index (χ0v) is 16.9. The van der Waals surface area contributed by atoms with E-state index in [0.29, 0.717) is 5.75 Å². The summed E-state index contributed by atoms with van der Waals surface area (Å²) in [6.45, 7) is 10.9. The van der Waals surface area contributed by atoms with Gasteiger partial charge in [0.25, 0.3) is 0 Å². The van der Waals surface area contributed by atoms with E-state index in [1.54, 1.807) is 13.2 Å². The molecule has 4 rings (SSSR count). The van der Waals surface area contributed by atoms with Crippen LogP contribution >= 0.6 is 0 Å². The van der Waals surface area contributed by atoms with Crippen molar-refractivity contribution >= 4 is 17.0 Å². The van der Waals surface area contributed by atoms with Crippen LogP contribution in [0.1, 0.15) is 41.0 Å². The number of ether oxygens (including phenoxy) is 2. The molecule has 0 amide bonds. The second-order valence-corrected chi connectivity index (χ2v) is 8.49. The lowest BCUT2D eigenvalue weighted by Gasteiger charge is -2.34. The predicted molar refractivity (Wildman–Crippen MR) is 110 cm³/mol. The number of methoxy groups -OCH3 is 1. The number of nitrogens with one attached hydrogen (secondary N) is 1. The molecule has 2 heterocycles. The minimum Gasteiger partial charge on any atom is -0.504 e. The number of phenols is 1. The fourth-order valence-electron chi connectivity index (χ4n) is 4.45. The number of anilines is 1. The summed E-state index contributed by atoms with van der Waals surface area (Å²) in [5, 5.41) is 16.3. The van der Waals surface area contributed by atoms with Crippen LogP contribution in [0.5, 0.6) is 17.2 Å². The first kappa shape index (κ1) is 17.8. The van der Waals surface area contributed by atoms with Crippen LogP contribution in [0.2, 0.25) is 0 Å². The van der Waals surface area contributed by atoms with Gasteiger partial charge >= 0.3 is 0 Å². The largest absolute Gasteiger partial charge is 0.504 e. The number of fused-ring (bicyclic) bond motifs is 5. The molecule has 0 bridgehead atoms. The predicted octanol–water partition coefficient (Wildman–Crippen LogP) is 3.99. The van der Waals surface area contributed by atoms with Gasteiger partial charge in [0.15, 0.2) is 11.5 Å². The van der Waals surface area contributed by atoms with Crippen LogP contribution in [0, 0.1) is 5.92 Å². The molecule has 4 heteroatoms. The summed E-state index contributed by atoms with van der Waals surface area (Å²) in [6, 6.07) is 7.69. The molecule has 0 aliphatic carbocycles.